The number of carbonyl (C=O) groups is 1. The number of hydrogen-bond acceptors (Lipinski definition) is 1. The average Bonchev–Trinajstić information content (AvgIpc) is 2.24. The minimum Gasteiger partial charge on any atom is -0.299 e. The highest BCUT2D eigenvalue weighted by Gasteiger charge is 2.44. The summed E-state index contributed by atoms with van der Waals surface area (Å²) < 4.78 is 0. The summed E-state index contributed by atoms with van der Waals surface area (Å²) in [6.07, 6.45) is 5.12. The van der Waals surface area contributed by atoms with E-state index >= 15 is 0 Å². The standard InChI is InChI=1S/C16H28O/c1-10-8-12-9-13(16(3,4)5)6-7-14(12)11(2)15(10)17/h10-14H,6-9H2,1-5H3/t10-,11+,12?,13-,14?/m1/s1. The molecule has 0 aromatic rings. The maximum atomic E-state index is 12.1. The van der Waals surface area contributed by atoms with E-state index in [1.165, 1.54) is 19.3 Å². The molecule has 0 aromatic heterocycles. The Morgan fingerprint density at radius 1 is 1.06 bits per heavy atom. The van der Waals surface area contributed by atoms with E-state index in [0.717, 1.165) is 18.3 Å². The van der Waals surface area contributed by atoms with Gasteiger partial charge < -0.3 is 0 Å². The molecule has 0 saturated heterocycles. The van der Waals surface area contributed by atoms with E-state index < -0.39 is 0 Å². The van der Waals surface area contributed by atoms with E-state index in [-0.39, 0.29) is 0 Å². The normalized spacial score (nSPS) is 43.4. The lowest BCUT2D eigenvalue weighted by atomic mass is 9.57. The SMILES string of the molecule is C[C@@H]1CC2C[C@H](C(C)(C)C)CCC2[C@H](C)C1=O. The predicted octanol–water partition coefficient (Wildman–Crippen LogP) is 4.31. The number of rotatable bonds is 0. The fourth-order valence-electron chi connectivity index (χ4n) is 4.23. The second-order valence-electron chi connectivity index (χ2n) is 7.63. The van der Waals surface area contributed by atoms with Gasteiger partial charge in [0.1, 0.15) is 5.78 Å². The largest absolute Gasteiger partial charge is 0.299 e. The van der Waals surface area contributed by atoms with Gasteiger partial charge in [0.25, 0.3) is 0 Å². The molecule has 2 saturated carbocycles. The summed E-state index contributed by atoms with van der Waals surface area (Å²) in [6, 6.07) is 0. The fraction of sp³-hybridized carbons (Fsp3) is 0.938. The maximum Gasteiger partial charge on any atom is 0.138 e. The first kappa shape index (κ1) is 13.1. The third-order valence-corrected chi connectivity index (χ3v) is 5.50. The van der Waals surface area contributed by atoms with Crippen molar-refractivity contribution in [3.8, 4) is 0 Å². The van der Waals surface area contributed by atoms with Crippen LogP contribution in [0.2, 0.25) is 0 Å². The van der Waals surface area contributed by atoms with Gasteiger partial charge in [0.2, 0.25) is 0 Å². The summed E-state index contributed by atoms with van der Waals surface area (Å²) in [4.78, 5) is 12.1. The molecule has 2 rings (SSSR count). The third-order valence-electron chi connectivity index (χ3n) is 5.50. The molecule has 2 aliphatic rings. The van der Waals surface area contributed by atoms with E-state index in [1.54, 1.807) is 0 Å². The van der Waals surface area contributed by atoms with Crippen molar-refractivity contribution in [2.75, 3.05) is 0 Å². The van der Waals surface area contributed by atoms with Crippen LogP contribution in [0.5, 0.6) is 0 Å². The van der Waals surface area contributed by atoms with Crippen molar-refractivity contribution in [1.29, 1.82) is 0 Å². The Hall–Kier alpha value is -0.330. The Bertz CT molecular complexity index is 299. The lowest BCUT2D eigenvalue weighted by Crippen LogP contribution is -2.43. The summed E-state index contributed by atoms with van der Waals surface area (Å²) in [5.74, 6) is 3.53. The average molecular weight is 236 g/mol. The minimum atomic E-state index is 0.310. The number of hydrogen-bond donors (Lipinski definition) is 0. The molecule has 0 heterocycles. The van der Waals surface area contributed by atoms with Crippen molar-refractivity contribution in [1.82, 2.24) is 0 Å². The van der Waals surface area contributed by atoms with Gasteiger partial charge in [-0.15, -0.1) is 0 Å². The van der Waals surface area contributed by atoms with E-state index in [2.05, 4.69) is 34.6 Å². The Morgan fingerprint density at radius 2 is 1.71 bits per heavy atom. The highest BCUT2D eigenvalue weighted by atomic mass is 16.1. The number of ketones is 1. The van der Waals surface area contributed by atoms with Gasteiger partial charge in [-0.05, 0) is 48.9 Å². The highest BCUT2D eigenvalue weighted by Crippen LogP contribution is 2.49. The van der Waals surface area contributed by atoms with E-state index in [0.29, 0.717) is 29.0 Å². The quantitative estimate of drug-likeness (QED) is 0.612. The summed E-state index contributed by atoms with van der Waals surface area (Å²) in [5.41, 5.74) is 0.443. The zero-order valence-electron chi connectivity index (χ0n) is 12.1. The smallest absolute Gasteiger partial charge is 0.138 e. The molecule has 5 atom stereocenters. The fourth-order valence-corrected chi connectivity index (χ4v) is 4.23. The molecule has 2 unspecified atom stereocenters. The lowest BCUT2D eigenvalue weighted by molar-refractivity contribution is -0.134. The molecule has 0 aliphatic heterocycles. The zero-order chi connectivity index (χ0) is 12.8. The van der Waals surface area contributed by atoms with Crippen LogP contribution in [0.1, 0.15) is 60.3 Å². The van der Waals surface area contributed by atoms with Crippen LogP contribution in [-0.4, -0.2) is 5.78 Å². The molecule has 1 nitrogen and oxygen atoms in total. The van der Waals surface area contributed by atoms with Crippen molar-refractivity contribution < 1.29 is 4.79 Å². The van der Waals surface area contributed by atoms with Crippen LogP contribution < -0.4 is 0 Å². The Kier molecular flexibility index (Phi) is 3.40. The van der Waals surface area contributed by atoms with Gasteiger partial charge in [-0.1, -0.05) is 34.6 Å². The van der Waals surface area contributed by atoms with Crippen LogP contribution in [0.4, 0.5) is 0 Å². The van der Waals surface area contributed by atoms with Gasteiger partial charge in [0.05, 0.1) is 0 Å². The van der Waals surface area contributed by atoms with Crippen molar-refractivity contribution in [3.63, 3.8) is 0 Å². The summed E-state index contributed by atoms with van der Waals surface area (Å²) in [7, 11) is 0. The molecular formula is C16H28O. The van der Waals surface area contributed by atoms with Crippen LogP contribution in [0.25, 0.3) is 0 Å². The van der Waals surface area contributed by atoms with Gasteiger partial charge >= 0.3 is 0 Å². The first-order chi connectivity index (χ1) is 7.80. The van der Waals surface area contributed by atoms with Gasteiger partial charge in [0.15, 0.2) is 0 Å². The Morgan fingerprint density at radius 3 is 2.29 bits per heavy atom. The van der Waals surface area contributed by atoms with Gasteiger partial charge in [-0.3, -0.25) is 4.79 Å². The summed E-state index contributed by atoms with van der Waals surface area (Å²) in [5, 5.41) is 0. The van der Waals surface area contributed by atoms with Gasteiger partial charge in [-0.2, -0.15) is 0 Å². The molecule has 0 amide bonds. The molecule has 0 aromatic carbocycles. The first-order valence-corrected chi connectivity index (χ1v) is 7.34. The van der Waals surface area contributed by atoms with Crippen molar-refractivity contribution >= 4 is 5.78 Å². The molecule has 1 heteroatoms. The number of Topliss-reactive ketones (excluding diaryl/α,β-unsaturated/α-hetero) is 1. The van der Waals surface area contributed by atoms with Gasteiger partial charge in [0, 0.05) is 11.8 Å². The molecular weight excluding hydrogens is 208 g/mol. The molecule has 0 bridgehead atoms. The van der Waals surface area contributed by atoms with E-state index in [1.807, 2.05) is 0 Å². The zero-order valence-corrected chi connectivity index (χ0v) is 12.1. The van der Waals surface area contributed by atoms with E-state index in [4.69, 9.17) is 0 Å². The highest BCUT2D eigenvalue weighted by molar-refractivity contribution is 5.83. The van der Waals surface area contributed by atoms with Crippen LogP contribution in [0.15, 0.2) is 0 Å². The second kappa shape index (κ2) is 4.40. The maximum absolute atomic E-state index is 12.1. The summed E-state index contributed by atoms with van der Waals surface area (Å²) in [6.45, 7) is 11.4. The molecule has 0 N–H and O–H groups in total. The Balaban J connectivity index is 2.09. The topological polar surface area (TPSA) is 17.1 Å². The number of fused-ring (bicyclic) bond motifs is 1. The van der Waals surface area contributed by atoms with Crippen LogP contribution in [0.3, 0.4) is 0 Å². The molecule has 98 valence electrons. The molecule has 17 heavy (non-hydrogen) atoms. The predicted molar refractivity (Wildman–Crippen MR) is 71.7 cm³/mol. The van der Waals surface area contributed by atoms with E-state index in [9.17, 15) is 4.79 Å². The van der Waals surface area contributed by atoms with Crippen LogP contribution >= 0.6 is 0 Å². The van der Waals surface area contributed by atoms with Crippen LogP contribution in [-0.2, 0) is 4.79 Å². The minimum absolute atomic E-state index is 0.310. The van der Waals surface area contributed by atoms with Crippen molar-refractivity contribution in [3.05, 3.63) is 0 Å². The van der Waals surface area contributed by atoms with Crippen molar-refractivity contribution in [2.45, 2.75) is 60.3 Å². The molecule has 2 aliphatic carbocycles. The number of carbonyl (C=O) groups excluding carboxylic acids is 1. The third kappa shape index (κ3) is 2.44. The monoisotopic (exact) mass is 236 g/mol. The second-order valence-corrected chi connectivity index (χ2v) is 7.63. The first-order valence-electron chi connectivity index (χ1n) is 7.34. The molecule has 0 spiro atoms. The Labute approximate surface area is 106 Å². The lowest BCUT2D eigenvalue weighted by Gasteiger charge is -2.47. The molecule has 2 fully saturated rings. The summed E-state index contributed by atoms with van der Waals surface area (Å²) >= 11 is 0. The van der Waals surface area contributed by atoms with Crippen molar-refractivity contribution in [2.24, 2.45) is 35.0 Å². The van der Waals surface area contributed by atoms with Crippen LogP contribution in [0, 0.1) is 35.0 Å². The van der Waals surface area contributed by atoms with Gasteiger partial charge in [-0.25, -0.2) is 0 Å². The molecule has 0 radical (unpaired) electrons.